The standard InChI is InChI=1S/C11H9F7/c1-7-2-4-8(5-3-7)10(15,16)11(17,18)9(13,14)6-12/h2-5H,6H2,1H3. The Morgan fingerprint density at radius 3 is 1.72 bits per heavy atom. The lowest BCUT2D eigenvalue weighted by atomic mass is 9.97. The molecule has 0 N–H and O–H groups in total. The van der Waals surface area contributed by atoms with Crippen LogP contribution in [-0.4, -0.2) is 18.5 Å². The third-order valence-corrected chi connectivity index (χ3v) is 2.44. The zero-order valence-corrected chi connectivity index (χ0v) is 9.16. The van der Waals surface area contributed by atoms with E-state index in [9.17, 15) is 30.7 Å². The summed E-state index contributed by atoms with van der Waals surface area (Å²) in [4.78, 5) is 0. The number of benzene rings is 1. The highest BCUT2D eigenvalue weighted by molar-refractivity contribution is 5.27. The van der Waals surface area contributed by atoms with Gasteiger partial charge in [0.05, 0.1) is 0 Å². The quantitative estimate of drug-likeness (QED) is 0.717. The predicted molar refractivity (Wildman–Crippen MR) is 50.9 cm³/mol. The second-order valence-corrected chi connectivity index (χ2v) is 3.85. The number of alkyl halides is 7. The predicted octanol–water partition coefficient (Wildman–Crippen LogP) is 4.33. The van der Waals surface area contributed by atoms with Crippen LogP contribution in [0.15, 0.2) is 24.3 Å². The molecule has 0 aliphatic rings. The normalized spacial score (nSPS) is 13.8. The molecule has 0 aliphatic heterocycles. The van der Waals surface area contributed by atoms with Crippen molar-refractivity contribution in [1.29, 1.82) is 0 Å². The van der Waals surface area contributed by atoms with Crippen LogP contribution in [0.5, 0.6) is 0 Å². The maximum absolute atomic E-state index is 13.4. The molecule has 7 heteroatoms. The molecule has 0 radical (unpaired) electrons. The van der Waals surface area contributed by atoms with Crippen molar-refractivity contribution in [3.63, 3.8) is 0 Å². The van der Waals surface area contributed by atoms with Crippen LogP contribution in [0.2, 0.25) is 0 Å². The lowest BCUT2D eigenvalue weighted by molar-refractivity contribution is -0.317. The molecule has 0 heterocycles. The van der Waals surface area contributed by atoms with Crippen LogP contribution in [0.3, 0.4) is 0 Å². The van der Waals surface area contributed by atoms with E-state index >= 15 is 0 Å². The number of halogens is 7. The summed E-state index contributed by atoms with van der Waals surface area (Å²) in [6, 6.07) is 3.37. The van der Waals surface area contributed by atoms with Gasteiger partial charge in [0.15, 0.2) is 6.67 Å². The highest BCUT2D eigenvalue weighted by Crippen LogP contribution is 2.51. The van der Waals surface area contributed by atoms with E-state index in [0.29, 0.717) is 17.7 Å². The van der Waals surface area contributed by atoms with Gasteiger partial charge in [0.25, 0.3) is 0 Å². The maximum atomic E-state index is 13.4. The summed E-state index contributed by atoms with van der Waals surface area (Å²) >= 11 is 0. The van der Waals surface area contributed by atoms with Gasteiger partial charge in [0.1, 0.15) is 0 Å². The first-order valence-electron chi connectivity index (χ1n) is 4.83. The molecule has 0 fully saturated rings. The second-order valence-electron chi connectivity index (χ2n) is 3.85. The lowest BCUT2D eigenvalue weighted by Gasteiger charge is -2.31. The van der Waals surface area contributed by atoms with Crippen LogP contribution in [0.4, 0.5) is 30.7 Å². The molecule has 0 unspecified atom stereocenters. The SMILES string of the molecule is Cc1ccc(C(F)(F)C(F)(F)C(F)(F)CF)cc1. The fraction of sp³-hybridized carbons (Fsp3) is 0.455. The van der Waals surface area contributed by atoms with Crippen LogP contribution >= 0.6 is 0 Å². The molecular weight excluding hydrogens is 265 g/mol. The summed E-state index contributed by atoms with van der Waals surface area (Å²) in [6.07, 6.45) is 0. The monoisotopic (exact) mass is 274 g/mol. The van der Waals surface area contributed by atoms with Gasteiger partial charge in [0.2, 0.25) is 0 Å². The number of hydrogen-bond donors (Lipinski definition) is 0. The van der Waals surface area contributed by atoms with Gasteiger partial charge in [-0.1, -0.05) is 29.8 Å². The van der Waals surface area contributed by atoms with Crippen LogP contribution < -0.4 is 0 Å². The molecule has 0 bridgehead atoms. The van der Waals surface area contributed by atoms with Crippen molar-refractivity contribution in [2.24, 2.45) is 0 Å². The Kier molecular flexibility index (Phi) is 3.65. The lowest BCUT2D eigenvalue weighted by Crippen LogP contribution is -2.53. The van der Waals surface area contributed by atoms with E-state index in [1.165, 1.54) is 6.92 Å². The molecule has 1 rings (SSSR count). The van der Waals surface area contributed by atoms with Gasteiger partial charge < -0.3 is 0 Å². The number of rotatable bonds is 4. The van der Waals surface area contributed by atoms with Crippen LogP contribution in [-0.2, 0) is 5.92 Å². The summed E-state index contributed by atoms with van der Waals surface area (Å²) in [5, 5.41) is 0. The van der Waals surface area contributed by atoms with E-state index in [2.05, 4.69) is 0 Å². The van der Waals surface area contributed by atoms with Crippen molar-refractivity contribution in [3.05, 3.63) is 35.4 Å². The van der Waals surface area contributed by atoms with E-state index < -0.39 is 30.0 Å². The molecular formula is C11H9F7. The van der Waals surface area contributed by atoms with E-state index in [0.717, 1.165) is 12.1 Å². The van der Waals surface area contributed by atoms with Crippen molar-refractivity contribution in [3.8, 4) is 0 Å². The van der Waals surface area contributed by atoms with E-state index in [1.54, 1.807) is 0 Å². The van der Waals surface area contributed by atoms with Gasteiger partial charge in [0, 0.05) is 5.56 Å². The Balaban J connectivity index is 3.24. The van der Waals surface area contributed by atoms with Crippen LogP contribution in [0.1, 0.15) is 11.1 Å². The minimum Gasteiger partial charge on any atom is -0.244 e. The number of hydrogen-bond acceptors (Lipinski definition) is 0. The molecule has 102 valence electrons. The summed E-state index contributed by atoms with van der Waals surface area (Å²) in [6.45, 7) is -1.35. The van der Waals surface area contributed by atoms with Crippen molar-refractivity contribution in [1.82, 2.24) is 0 Å². The third kappa shape index (κ3) is 2.18. The zero-order valence-electron chi connectivity index (χ0n) is 9.16. The molecule has 0 aromatic heterocycles. The Labute approximate surface area is 98.4 Å². The summed E-state index contributed by atoms with van der Waals surface area (Å²) in [5.41, 5.74) is -0.790. The molecule has 0 amide bonds. The van der Waals surface area contributed by atoms with Crippen molar-refractivity contribution in [2.45, 2.75) is 24.7 Å². The smallest absolute Gasteiger partial charge is 0.244 e. The Morgan fingerprint density at radius 2 is 1.33 bits per heavy atom. The minimum absolute atomic E-state index is 0.495. The summed E-state index contributed by atoms with van der Waals surface area (Å²) in [5.74, 6) is -16.4. The first-order chi connectivity index (χ1) is 8.06. The van der Waals surface area contributed by atoms with Gasteiger partial charge in [-0.15, -0.1) is 0 Å². The van der Waals surface area contributed by atoms with Gasteiger partial charge in [-0.3, -0.25) is 0 Å². The van der Waals surface area contributed by atoms with Gasteiger partial charge in [-0.2, -0.15) is 26.3 Å². The zero-order chi connectivity index (χ0) is 14.2. The molecule has 0 aliphatic carbocycles. The highest BCUT2D eigenvalue weighted by atomic mass is 19.3. The third-order valence-electron chi connectivity index (χ3n) is 2.44. The van der Waals surface area contributed by atoms with E-state index in [-0.39, 0.29) is 0 Å². The molecule has 1 aromatic rings. The Morgan fingerprint density at radius 1 is 0.889 bits per heavy atom. The van der Waals surface area contributed by atoms with Gasteiger partial charge in [-0.25, -0.2) is 4.39 Å². The maximum Gasteiger partial charge on any atom is 0.378 e. The first kappa shape index (κ1) is 14.8. The molecule has 1 aromatic carbocycles. The largest absolute Gasteiger partial charge is 0.378 e. The first-order valence-corrected chi connectivity index (χ1v) is 4.83. The second kappa shape index (κ2) is 4.44. The molecule has 0 atom stereocenters. The Bertz CT molecular complexity index is 408. The fourth-order valence-electron chi connectivity index (χ4n) is 1.26. The summed E-state index contributed by atoms with van der Waals surface area (Å²) in [7, 11) is 0. The summed E-state index contributed by atoms with van der Waals surface area (Å²) < 4.78 is 89.7. The highest BCUT2D eigenvalue weighted by Gasteiger charge is 2.72. The average molecular weight is 274 g/mol. The molecule has 0 saturated heterocycles. The van der Waals surface area contributed by atoms with Crippen LogP contribution in [0, 0.1) is 6.92 Å². The number of aryl methyl sites for hydroxylation is 1. The van der Waals surface area contributed by atoms with Gasteiger partial charge in [-0.05, 0) is 6.92 Å². The molecule has 0 saturated carbocycles. The van der Waals surface area contributed by atoms with Crippen LogP contribution in [0.25, 0.3) is 0 Å². The van der Waals surface area contributed by atoms with Crippen molar-refractivity contribution < 1.29 is 30.7 Å². The van der Waals surface area contributed by atoms with Crippen molar-refractivity contribution in [2.75, 3.05) is 6.67 Å². The van der Waals surface area contributed by atoms with Gasteiger partial charge >= 0.3 is 17.8 Å². The fourth-order valence-corrected chi connectivity index (χ4v) is 1.26. The van der Waals surface area contributed by atoms with E-state index in [4.69, 9.17) is 0 Å². The molecule has 0 spiro atoms. The molecule has 0 nitrogen and oxygen atoms in total. The Hall–Kier alpha value is -1.27. The van der Waals surface area contributed by atoms with E-state index in [1.807, 2.05) is 0 Å². The topological polar surface area (TPSA) is 0 Å². The minimum atomic E-state index is -5.80. The van der Waals surface area contributed by atoms with Crippen molar-refractivity contribution >= 4 is 0 Å². The average Bonchev–Trinajstić information content (AvgIpc) is 2.29. The molecule has 18 heavy (non-hydrogen) atoms.